The molecule has 0 bridgehead atoms. The standard InChI is InChI=1S/C12H11ClO.C2H6/c13-11-4-2-1-3-9(11)7-8-12(14)10-5-6-10;1-2/h1-4,7-8,10H,5-6H2;1-2H3/b8-7+;. The van der Waals surface area contributed by atoms with E-state index in [1.54, 1.807) is 12.2 Å². The number of carbonyl (C=O) groups excluding carboxylic acids is 1. The van der Waals surface area contributed by atoms with E-state index in [4.69, 9.17) is 11.6 Å². The van der Waals surface area contributed by atoms with Crippen molar-refractivity contribution in [1.82, 2.24) is 0 Å². The molecule has 1 aliphatic rings. The van der Waals surface area contributed by atoms with E-state index in [1.807, 2.05) is 38.1 Å². The zero-order valence-corrected chi connectivity index (χ0v) is 10.5. The number of ketones is 1. The predicted molar refractivity (Wildman–Crippen MR) is 69.6 cm³/mol. The first-order chi connectivity index (χ1) is 7.77. The van der Waals surface area contributed by atoms with Crippen LogP contribution in [0.15, 0.2) is 30.3 Å². The Morgan fingerprint density at radius 1 is 1.31 bits per heavy atom. The summed E-state index contributed by atoms with van der Waals surface area (Å²) in [6.07, 6.45) is 5.53. The summed E-state index contributed by atoms with van der Waals surface area (Å²) >= 11 is 5.94. The molecular formula is C14H17ClO. The van der Waals surface area contributed by atoms with E-state index in [0.29, 0.717) is 5.02 Å². The fraction of sp³-hybridized carbons (Fsp3) is 0.357. The van der Waals surface area contributed by atoms with Gasteiger partial charge in [0.05, 0.1) is 0 Å². The fourth-order valence-electron chi connectivity index (χ4n) is 1.29. The molecule has 1 nitrogen and oxygen atoms in total. The lowest BCUT2D eigenvalue weighted by molar-refractivity contribution is -0.115. The quantitative estimate of drug-likeness (QED) is 0.713. The van der Waals surface area contributed by atoms with Gasteiger partial charge in [0, 0.05) is 10.9 Å². The van der Waals surface area contributed by atoms with Crippen LogP contribution in [-0.4, -0.2) is 5.78 Å². The van der Waals surface area contributed by atoms with Crippen molar-refractivity contribution in [3.05, 3.63) is 40.9 Å². The first kappa shape index (κ1) is 13.0. The molecule has 1 fully saturated rings. The SMILES string of the molecule is CC.O=C(/C=C/c1ccccc1Cl)C1CC1. The molecule has 1 aliphatic carbocycles. The minimum absolute atomic E-state index is 0.227. The Kier molecular flexibility index (Phi) is 5.27. The van der Waals surface area contributed by atoms with Crippen molar-refractivity contribution in [1.29, 1.82) is 0 Å². The lowest BCUT2D eigenvalue weighted by Crippen LogP contribution is -1.93. The van der Waals surface area contributed by atoms with Gasteiger partial charge in [0.25, 0.3) is 0 Å². The maximum atomic E-state index is 11.4. The van der Waals surface area contributed by atoms with Crippen LogP contribution in [0.25, 0.3) is 6.08 Å². The maximum Gasteiger partial charge on any atom is 0.158 e. The highest BCUT2D eigenvalue weighted by Crippen LogP contribution is 2.30. The van der Waals surface area contributed by atoms with Crippen molar-refractivity contribution in [3.63, 3.8) is 0 Å². The Morgan fingerprint density at radius 3 is 2.50 bits per heavy atom. The molecule has 1 aromatic carbocycles. The minimum atomic E-state index is 0.227. The lowest BCUT2D eigenvalue weighted by Gasteiger charge is -1.95. The van der Waals surface area contributed by atoms with Gasteiger partial charge in [0.15, 0.2) is 5.78 Å². The topological polar surface area (TPSA) is 17.1 Å². The van der Waals surface area contributed by atoms with E-state index in [-0.39, 0.29) is 11.7 Å². The average molecular weight is 237 g/mol. The van der Waals surface area contributed by atoms with Gasteiger partial charge in [0.2, 0.25) is 0 Å². The third-order valence-corrected chi connectivity index (χ3v) is 2.66. The molecule has 1 aromatic rings. The van der Waals surface area contributed by atoms with Crippen LogP contribution in [-0.2, 0) is 4.79 Å². The predicted octanol–water partition coefficient (Wildman–Crippen LogP) is 4.36. The van der Waals surface area contributed by atoms with Gasteiger partial charge in [-0.1, -0.05) is 43.6 Å². The summed E-state index contributed by atoms with van der Waals surface area (Å²) in [5.74, 6) is 0.513. The van der Waals surface area contributed by atoms with Crippen LogP contribution in [0.1, 0.15) is 32.3 Å². The van der Waals surface area contributed by atoms with Crippen molar-refractivity contribution in [2.24, 2.45) is 5.92 Å². The van der Waals surface area contributed by atoms with E-state index >= 15 is 0 Å². The smallest absolute Gasteiger partial charge is 0.158 e. The first-order valence-corrected chi connectivity index (χ1v) is 6.11. The van der Waals surface area contributed by atoms with Gasteiger partial charge in [-0.3, -0.25) is 4.79 Å². The highest BCUT2D eigenvalue weighted by atomic mass is 35.5. The second-order valence-corrected chi connectivity index (χ2v) is 3.94. The zero-order valence-electron chi connectivity index (χ0n) is 9.74. The molecule has 2 heteroatoms. The molecule has 0 N–H and O–H groups in total. The first-order valence-electron chi connectivity index (χ1n) is 5.74. The van der Waals surface area contributed by atoms with Crippen LogP contribution in [0.5, 0.6) is 0 Å². The van der Waals surface area contributed by atoms with Crippen molar-refractivity contribution < 1.29 is 4.79 Å². The molecule has 0 spiro atoms. The Labute approximate surface area is 102 Å². The van der Waals surface area contributed by atoms with Crippen LogP contribution < -0.4 is 0 Å². The van der Waals surface area contributed by atoms with Gasteiger partial charge in [-0.15, -0.1) is 0 Å². The maximum absolute atomic E-state index is 11.4. The van der Waals surface area contributed by atoms with Crippen LogP contribution in [0.2, 0.25) is 5.02 Å². The second-order valence-electron chi connectivity index (χ2n) is 3.53. The number of halogens is 1. The van der Waals surface area contributed by atoms with Crippen LogP contribution in [0.3, 0.4) is 0 Å². The van der Waals surface area contributed by atoms with Gasteiger partial charge in [-0.05, 0) is 36.6 Å². The molecule has 0 aromatic heterocycles. The molecule has 0 radical (unpaired) electrons. The highest BCUT2D eigenvalue weighted by Gasteiger charge is 2.27. The molecule has 0 saturated heterocycles. The van der Waals surface area contributed by atoms with Crippen LogP contribution in [0, 0.1) is 5.92 Å². The third kappa shape index (κ3) is 3.82. The molecule has 0 amide bonds. The van der Waals surface area contributed by atoms with E-state index in [2.05, 4.69) is 0 Å². The van der Waals surface area contributed by atoms with E-state index in [1.165, 1.54) is 0 Å². The summed E-state index contributed by atoms with van der Waals surface area (Å²) in [4.78, 5) is 11.4. The number of benzene rings is 1. The normalized spacial score (nSPS) is 14.4. The van der Waals surface area contributed by atoms with Crippen molar-refractivity contribution in [2.45, 2.75) is 26.7 Å². The van der Waals surface area contributed by atoms with E-state index < -0.39 is 0 Å². The Hall–Kier alpha value is -1.08. The minimum Gasteiger partial charge on any atom is -0.295 e. The van der Waals surface area contributed by atoms with Crippen molar-refractivity contribution in [2.75, 3.05) is 0 Å². The van der Waals surface area contributed by atoms with Gasteiger partial charge in [0.1, 0.15) is 0 Å². The summed E-state index contributed by atoms with van der Waals surface area (Å²) in [6.45, 7) is 4.00. The molecule has 1 saturated carbocycles. The van der Waals surface area contributed by atoms with Gasteiger partial charge < -0.3 is 0 Å². The van der Waals surface area contributed by atoms with Gasteiger partial charge >= 0.3 is 0 Å². The Morgan fingerprint density at radius 2 is 1.94 bits per heavy atom. The van der Waals surface area contributed by atoms with Crippen molar-refractivity contribution >= 4 is 23.5 Å². The molecule has 0 aliphatic heterocycles. The van der Waals surface area contributed by atoms with Crippen LogP contribution in [0.4, 0.5) is 0 Å². The second kappa shape index (κ2) is 6.49. The number of carbonyl (C=O) groups is 1. The van der Waals surface area contributed by atoms with Gasteiger partial charge in [-0.25, -0.2) is 0 Å². The molecule has 0 unspecified atom stereocenters. The molecular weight excluding hydrogens is 220 g/mol. The van der Waals surface area contributed by atoms with Crippen LogP contribution >= 0.6 is 11.6 Å². The summed E-state index contributed by atoms with van der Waals surface area (Å²) in [7, 11) is 0. The molecule has 0 heterocycles. The number of hydrogen-bond donors (Lipinski definition) is 0. The number of hydrogen-bond acceptors (Lipinski definition) is 1. The highest BCUT2D eigenvalue weighted by molar-refractivity contribution is 6.32. The molecule has 2 rings (SSSR count). The van der Waals surface area contributed by atoms with Crippen molar-refractivity contribution in [3.8, 4) is 0 Å². The molecule has 16 heavy (non-hydrogen) atoms. The van der Waals surface area contributed by atoms with Gasteiger partial charge in [-0.2, -0.15) is 0 Å². The monoisotopic (exact) mass is 236 g/mol. The average Bonchev–Trinajstić information content (AvgIpc) is 3.14. The number of allylic oxidation sites excluding steroid dienone is 1. The summed E-state index contributed by atoms with van der Waals surface area (Å²) in [5.41, 5.74) is 0.906. The Balaban J connectivity index is 0.000000606. The third-order valence-electron chi connectivity index (χ3n) is 2.31. The molecule has 86 valence electrons. The summed E-state index contributed by atoms with van der Waals surface area (Å²) < 4.78 is 0. The zero-order chi connectivity index (χ0) is 12.0. The number of rotatable bonds is 3. The molecule has 0 atom stereocenters. The van der Waals surface area contributed by atoms with E-state index in [9.17, 15) is 4.79 Å². The summed E-state index contributed by atoms with van der Waals surface area (Å²) in [6, 6.07) is 7.51. The fourth-order valence-corrected chi connectivity index (χ4v) is 1.48. The largest absolute Gasteiger partial charge is 0.295 e. The summed E-state index contributed by atoms with van der Waals surface area (Å²) in [5, 5.41) is 0.687. The van der Waals surface area contributed by atoms with E-state index in [0.717, 1.165) is 18.4 Å². The lowest BCUT2D eigenvalue weighted by atomic mass is 10.1. The Bertz CT molecular complexity index is 378.